The van der Waals surface area contributed by atoms with E-state index >= 15 is 0 Å². The van der Waals surface area contributed by atoms with E-state index in [1.165, 1.54) is 42.8 Å². The fourth-order valence-electron chi connectivity index (χ4n) is 3.25. The molecule has 13 heteroatoms. The van der Waals surface area contributed by atoms with Gasteiger partial charge in [-0.2, -0.15) is 4.31 Å². The second-order valence-corrected chi connectivity index (χ2v) is 9.29. The van der Waals surface area contributed by atoms with Crippen LogP contribution in [-0.2, 0) is 19.5 Å². The van der Waals surface area contributed by atoms with Gasteiger partial charge in [-0.25, -0.2) is 8.42 Å². The maximum Gasteiger partial charge on any atom is 0.322 e. The summed E-state index contributed by atoms with van der Waals surface area (Å²) in [5.74, 6) is 0.829. The molecular weight excluding hydrogens is 480 g/mol. The summed E-state index contributed by atoms with van der Waals surface area (Å²) >= 11 is 0. The molecule has 0 bridgehead atoms. The maximum absolute atomic E-state index is 13.0. The largest absolute Gasteiger partial charge is 0.454 e. The van der Waals surface area contributed by atoms with Gasteiger partial charge in [-0.1, -0.05) is 5.10 Å². The van der Waals surface area contributed by atoms with Gasteiger partial charge >= 0.3 is 6.01 Å². The zero-order chi connectivity index (χ0) is 24.8. The molecule has 0 radical (unpaired) electrons. The molecule has 1 aromatic heterocycles. The van der Waals surface area contributed by atoms with Crippen LogP contribution < -0.4 is 14.8 Å². The van der Waals surface area contributed by atoms with Crippen molar-refractivity contribution in [3.05, 3.63) is 48.0 Å². The second kappa shape index (κ2) is 10.8. The van der Waals surface area contributed by atoms with Gasteiger partial charge in [-0.05, 0) is 42.5 Å². The minimum Gasteiger partial charge on any atom is -0.454 e. The Balaban J connectivity index is 1.43. The van der Waals surface area contributed by atoms with Crippen molar-refractivity contribution >= 4 is 21.9 Å². The lowest BCUT2D eigenvalue weighted by Gasteiger charge is -2.21. The molecule has 0 aliphatic carbocycles. The standard InChI is InChI=1S/C22H24N4O8S/c1-30-11-9-26(10-12-31-2)35(28,29)17-6-3-15(4-7-17)20(27)23-22-25-24-21(34-22)16-5-8-18-19(13-16)33-14-32-18/h3-8,13H,9-12,14H2,1-2H3,(H,23,25,27). The molecule has 0 unspecified atom stereocenters. The second-order valence-electron chi connectivity index (χ2n) is 7.35. The zero-order valence-electron chi connectivity index (χ0n) is 19.1. The van der Waals surface area contributed by atoms with Gasteiger partial charge in [0.05, 0.1) is 18.1 Å². The minimum atomic E-state index is -3.80. The van der Waals surface area contributed by atoms with Crippen molar-refractivity contribution in [3.8, 4) is 23.0 Å². The van der Waals surface area contributed by atoms with E-state index in [0.29, 0.717) is 17.1 Å². The highest BCUT2D eigenvalue weighted by molar-refractivity contribution is 7.89. The van der Waals surface area contributed by atoms with Crippen LogP contribution in [-0.4, -0.2) is 76.1 Å². The molecule has 4 rings (SSSR count). The number of fused-ring (bicyclic) bond motifs is 1. The van der Waals surface area contributed by atoms with E-state index in [0.717, 1.165) is 0 Å². The summed E-state index contributed by atoms with van der Waals surface area (Å²) in [5, 5.41) is 10.3. The lowest BCUT2D eigenvalue weighted by molar-refractivity contribution is 0.102. The van der Waals surface area contributed by atoms with Crippen molar-refractivity contribution in [2.45, 2.75) is 4.90 Å². The number of nitrogens with one attached hydrogen (secondary N) is 1. The van der Waals surface area contributed by atoms with E-state index < -0.39 is 15.9 Å². The van der Waals surface area contributed by atoms with Gasteiger partial charge in [-0.3, -0.25) is 10.1 Å². The van der Waals surface area contributed by atoms with Crippen LogP contribution in [0.4, 0.5) is 6.01 Å². The highest BCUT2D eigenvalue weighted by atomic mass is 32.2. The zero-order valence-corrected chi connectivity index (χ0v) is 19.9. The third kappa shape index (κ3) is 5.59. The van der Waals surface area contributed by atoms with Crippen LogP contribution in [0.25, 0.3) is 11.5 Å². The molecule has 1 aliphatic heterocycles. The molecule has 12 nitrogen and oxygen atoms in total. The topological polar surface area (TPSA) is 142 Å². The number of hydrogen-bond donors (Lipinski definition) is 1. The number of anilines is 1. The Morgan fingerprint density at radius 2 is 1.69 bits per heavy atom. The first-order valence-electron chi connectivity index (χ1n) is 10.6. The Hall–Kier alpha value is -3.52. The number of aromatic nitrogens is 2. The quantitative estimate of drug-likeness (QED) is 0.412. The van der Waals surface area contributed by atoms with Crippen molar-refractivity contribution in [2.24, 2.45) is 0 Å². The number of rotatable bonds is 11. The summed E-state index contributed by atoms with van der Waals surface area (Å²) in [4.78, 5) is 12.7. The number of amides is 1. The van der Waals surface area contributed by atoms with Crippen molar-refractivity contribution in [1.29, 1.82) is 0 Å². The molecule has 0 spiro atoms. The normalized spacial score (nSPS) is 12.8. The number of sulfonamides is 1. The molecule has 1 aliphatic rings. The predicted molar refractivity (Wildman–Crippen MR) is 123 cm³/mol. The number of nitrogens with zero attached hydrogens (tertiary/aromatic N) is 3. The third-order valence-electron chi connectivity index (χ3n) is 5.11. The molecule has 3 aromatic rings. The summed E-state index contributed by atoms with van der Waals surface area (Å²) in [5.41, 5.74) is 0.815. The van der Waals surface area contributed by atoms with Crippen molar-refractivity contribution in [1.82, 2.24) is 14.5 Å². The first kappa shape index (κ1) is 24.6. The number of carbonyl (C=O) groups excluding carboxylic acids is 1. The Kier molecular flexibility index (Phi) is 7.60. The van der Waals surface area contributed by atoms with Crippen molar-refractivity contribution in [2.75, 3.05) is 52.6 Å². The summed E-state index contributed by atoms with van der Waals surface area (Å²) < 4.78 is 53.4. The van der Waals surface area contributed by atoms with Gasteiger partial charge in [0, 0.05) is 38.4 Å². The SMILES string of the molecule is COCCN(CCOC)S(=O)(=O)c1ccc(C(=O)Nc2nnc(-c3ccc4c(c3)OCO4)o2)cc1. The third-order valence-corrected chi connectivity index (χ3v) is 7.02. The van der Waals surface area contributed by atoms with E-state index in [4.69, 9.17) is 23.4 Å². The lowest BCUT2D eigenvalue weighted by Crippen LogP contribution is -2.36. The number of hydrogen-bond acceptors (Lipinski definition) is 10. The van der Waals surface area contributed by atoms with Crippen LogP contribution in [0.1, 0.15) is 10.4 Å². The monoisotopic (exact) mass is 504 g/mol. The Morgan fingerprint density at radius 3 is 2.37 bits per heavy atom. The highest BCUT2D eigenvalue weighted by Crippen LogP contribution is 2.35. The Morgan fingerprint density at radius 1 is 1.00 bits per heavy atom. The average molecular weight is 505 g/mol. The summed E-state index contributed by atoms with van der Waals surface area (Å²) in [7, 11) is -0.805. The van der Waals surface area contributed by atoms with Crippen LogP contribution in [0.15, 0.2) is 51.8 Å². The summed E-state index contributed by atoms with van der Waals surface area (Å²) in [6, 6.07) is 10.6. The maximum atomic E-state index is 13.0. The Labute approximate surface area is 201 Å². The van der Waals surface area contributed by atoms with Gasteiger partial charge in [-0.15, -0.1) is 5.10 Å². The molecule has 0 saturated carbocycles. The van der Waals surface area contributed by atoms with E-state index in [1.54, 1.807) is 18.2 Å². The van der Waals surface area contributed by atoms with E-state index in [2.05, 4.69) is 15.5 Å². The van der Waals surface area contributed by atoms with Crippen LogP contribution in [0, 0.1) is 0 Å². The number of carbonyl (C=O) groups is 1. The fourth-order valence-corrected chi connectivity index (χ4v) is 4.66. The molecule has 0 fully saturated rings. The first-order valence-corrected chi connectivity index (χ1v) is 12.0. The Bertz CT molecular complexity index is 1270. The molecule has 0 saturated heterocycles. The fraction of sp³-hybridized carbons (Fsp3) is 0.318. The van der Waals surface area contributed by atoms with Gasteiger partial charge in [0.25, 0.3) is 5.91 Å². The molecule has 2 aromatic carbocycles. The summed E-state index contributed by atoms with van der Waals surface area (Å²) in [6.45, 7) is 0.965. The number of ether oxygens (including phenoxy) is 4. The summed E-state index contributed by atoms with van der Waals surface area (Å²) in [6.07, 6.45) is 0. The van der Waals surface area contributed by atoms with Crippen molar-refractivity contribution < 1.29 is 36.6 Å². The van der Waals surface area contributed by atoms with E-state index in [9.17, 15) is 13.2 Å². The van der Waals surface area contributed by atoms with E-state index in [-0.39, 0.29) is 55.5 Å². The molecule has 0 atom stereocenters. The van der Waals surface area contributed by atoms with Crippen LogP contribution in [0.2, 0.25) is 0 Å². The number of methoxy groups -OCH3 is 2. The van der Waals surface area contributed by atoms with Crippen LogP contribution in [0.3, 0.4) is 0 Å². The number of benzene rings is 2. The lowest BCUT2D eigenvalue weighted by atomic mass is 10.2. The van der Waals surface area contributed by atoms with Gasteiger partial charge < -0.3 is 23.4 Å². The molecule has 1 amide bonds. The van der Waals surface area contributed by atoms with Crippen LogP contribution in [0.5, 0.6) is 11.5 Å². The molecule has 186 valence electrons. The molecule has 1 N–H and O–H groups in total. The first-order chi connectivity index (χ1) is 16.9. The predicted octanol–water partition coefficient (Wildman–Crippen LogP) is 2.00. The highest BCUT2D eigenvalue weighted by Gasteiger charge is 2.24. The smallest absolute Gasteiger partial charge is 0.322 e. The molecular formula is C22H24N4O8S. The van der Waals surface area contributed by atoms with Gasteiger partial charge in [0.2, 0.25) is 22.7 Å². The van der Waals surface area contributed by atoms with Crippen LogP contribution >= 0.6 is 0 Å². The van der Waals surface area contributed by atoms with Crippen molar-refractivity contribution in [3.63, 3.8) is 0 Å². The minimum absolute atomic E-state index is 0.0455. The average Bonchev–Trinajstić information content (AvgIpc) is 3.53. The molecule has 35 heavy (non-hydrogen) atoms. The molecule has 2 heterocycles. The van der Waals surface area contributed by atoms with E-state index in [1.807, 2.05) is 0 Å². The van der Waals surface area contributed by atoms with Gasteiger partial charge in [0.15, 0.2) is 11.5 Å². The van der Waals surface area contributed by atoms with Gasteiger partial charge in [0.1, 0.15) is 0 Å².